The molecule has 0 aliphatic carbocycles. The SMILES string of the molecule is Cc1ccc2cccc(NS(=O)(=O)CC#N)c2n1. The van der Waals surface area contributed by atoms with Crippen molar-refractivity contribution in [2.75, 3.05) is 10.5 Å². The second-order valence-corrected chi connectivity index (χ2v) is 5.57. The molecule has 6 heteroatoms. The molecule has 0 saturated heterocycles. The van der Waals surface area contributed by atoms with Gasteiger partial charge in [0.2, 0.25) is 10.0 Å². The zero-order chi connectivity index (χ0) is 13.2. The molecule has 0 aliphatic heterocycles. The van der Waals surface area contributed by atoms with Gasteiger partial charge in [-0.25, -0.2) is 8.42 Å². The number of sulfonamides is 1. The van der Waals surface area contributed by atoms with Gasteiger partial charge in [0.15, 0.2) is 5.75 Å². The van der Waals surface area contributed by atoms with Gasteiger partial charge in [-0.3, -0.25) is 9.71 Å². The van der Waals surface area contributed by atoms with Crippen molar-refractivity contribution < 1.29 is 8.42 Å². The third kappa shape index (κ3) is 2.57. The summed E-state index contributed by atoms with van der Waals surface area (Å²) in [7, 11) is -3.64. The molecule has 0 amide bonds. The molecule has 0 saturated carbocycles. The van der Waals surface area contributed by atoms with Crippen LogP contribution in [0.1, 0.15) is 5.69 Å². The lowest BCUT2D eigenvalue weighted by Gasteiger charge is -2.08. The van der Waals surface area contributed by atoms with Crippen molar-refractivity contribution in [2.24, 2.45) is 0 Å². The third-order valence-corrected chi connectivity index (χ3v) is 3.42. The Kier molecular flexibility index (Phi) is 3.17. The molecular weight excluding hydrogens is 250 g/mol. The summed E-state index contributed by atoms with van der Waals surface area (Å²) in [5, 5.41) is 9.30. The standard InChI is InChI=1S/C12H11N3O2S/c1-9-5-6-10-3-2-4-11(12(10)14-9)15-18(16,17)8-7-13/h2-6,15H,8H2,1H3. The fraction of sp³-hybridized carbons (Fsp3) is 0.167. The van der Waals surface area contributed by atoms with Crippen LogP contribution in [0.15, 0.2) is 30.3 Å². The van der Waals surface area contributed by atoms with Crippen LogP contribution in [0.2, 0.25) is 0 Å². The Bertz CT molecular complexity index is 733. The highest BCUT2D eigenvalue weighted by molar-refractivity contribution is 7.92. The summed E-state index contributed by atoms with van der Waals surface area (Å²) in [4.78, 5) is 4.31. The second kappa shape index (κ2) is 4.63. The van der Waals surface area contributed by atoms with Gasteiger partial charge in [-0.05, 0) is 19.1 Å². The van der Waals surface area contributed by atoms with Crippen molar-refractivity contribution in [3.8, 4) is 6.07 Å². The number of nitrogens with zero attached hydrogens (tertiary/aromatic N) is 2. The zero-order valence-corrected chi connectivity index (χ0v) is 10.5. The lowest BCUT2D eigenvalue weighted by molar-refractivity contribution is 0.604. The normalized spacial score (nSPS) is 11.1. The summed E-state index contributed by atoms with van der Waals surface area (Å²) < 4.78 is 25.5. The van der Waals surface area contributed by atoms with Crippen molar-refractivity contribution >= 4 is 26.6 Å². The van der Waals surface area contributed by atoms with E-state index in [0.717, 1.165) is 11.1 Å². The van der Waals surface area contributed by atoms with E-state index in [1.54, 1.807) is 18.2 Å². The van der Waals surface area contributed by atoms with Crippen LogP contribution in [0.3, 0.4) is 0 Å². The maximum absolute atomic E-state index is 11.6. The molecule has 0 spiro atoms. The van der Waals surface area contributed by atoms with Crippen LogP contribution < -0.4 is 4.72 Å². The number of aromatic nitrogens is 1. The zero-order valence-electron chi connectivity index (χ0n) is 9.71. The van der Waals surface area contributed by atoms with Gasteiger partial charge in [0, 0.05) is 11.1 Å². The molecule has 0 aliphatic rings. The number of nitriles is 1. The number of para-hydroxylation sites is 1. The van der Waals surface area contributed by atoms with Gasteiger partial charge >= 0.3 is 0 Å². The minimum atomic E-state index is -3.64. The molecule has 2 rings (SSSR count). The molecule has 0 fully saturated rings. The third-order valence-electron chi connectivity index (χ3n) is 2.38. The van der Waals surface area contributed by atoms with E-state index in [2.05, 4.69) is 9.71 Å². The van der Waals surface area contributed by atoms with E-state index >= 15 is 0 Å². The van der Waals surface area contributed by atoms with Crippen molar-refractivity contribution in [3.63, 3.8) is 0 Å². The van der Waals surface area contributed by atoms with E-state index in [0.29, 0.717) is 11.2 Å². The molecule has 18 heavy (non-hydrogen) atoms. The van der Waals surface area contributed by atoms with Gasteiger partial charge in [-0.2, -0.15) is 5.26 Å². The maximum atomic E-state index is 11.6. The molecule has 0 unspecified atom stereocenters. The van der Waals surface area contributed by atoms with Gasteiger partial charge < -0.3 is 0 Å². The largest absolute Gasteiger partial charge is 0.280 e. The first kappa shape index (κ1) is 12.3. The molecule has 1 N–H and O–H groups in total. The Morgan fingerprint density at radius 1 is 1.33 bits per heavy atom. The molecule has 1 aromatic carbocycles. The highest BCUT2D eigenvalue weighted by Gasteiger charge is 2.12. The van der Waals surface area contributed by atoms with Crippen LogP contribution in [-0.2, 0) is 10.0 Å². The first-order valence-corrected chi connectivity index (χ1v) is 6.91. The molecule has 1 heterocycles. The lowest BCUT2D eigenvalue weighted by atomic mass is 10.2. The van der Waals surface area contributed by atoms with E-state index < -0.39 is 15.8 Å². The summed E-state index contributed by atoms with van der Waals surface area (Å²) in [6.07, 6.45) is 0. The molecule has 0 atom stereocenters. The van der Waals surface area contributed by atoms with Crippen LogP contribution in [-0.4, -0.2) is 19.2 Å². The number of rotatable bonds is 3. The minimum Gasteiger partial charge on any atom is -0.280 e. The van der Waals surface area contributed by atoms with Crippen LogP contribution in [0.25, 0.3) is 10.9 Å². The molecule has 2 aromatic rings. The summed E-state index contributed by atoms with van der Waals surface area (Å²) in [5.41, 5.74) is 1.78. The number of nitrogens with one attached hydrogen (secondary N) is 1. The Morgan fingerprint density at radius 2 is 2.11 bits per heavy atom. The number of fused-ring (bicyclic) bond motifs is 1. The second-order valence-electron chi connectivity index (χ2n) is 3.85. The number of pyridine rings is 1. The quantitative estimate of drug-likeness (QED) is 0.913. The number of aryl methyl sites for hydroxylation is 1. The smallest absolute Gasteiger partial charge is 0.246 e. The Morgan fingerprint density at radius 3 is 2.83 bits per heavy atom. The van der Waals surface area contributed by atoms with Crippen molar-refractivity contribution in [1.29, 1.82) is 5.26 Å². The Balaban J connectivity index is 2.52. The number of hydrogen-bond acceptors (Lipinski definition) is 4. The number of benzene rings is 1. The monoisotopic (exact) mass is 261 g/mol. The first-order chi connectivity index (χ1) is 8.52. The molecule has 0 radical (unpaired) electrons. The average molecular weight is 261 g/mol. The van der Waals surface area contributed by atoms with Crippen molar-refractivity contribution in [1.82, 2.24) is 4.98 Å². The fourth-order valence-corrected chi connectivity index (χ4v) is 2.36. The number of hydrogen-bond donors (Lipinski definition) is 1. The van der Waals surface area contributed by atoms with Crippen LogP contribution in [0, 0.1) is 18.3 Å². The average Bonchev–Trinajstić information content (AvgIpc) is 2.29. The highest BCUT2D eigenvalue weighted by atomic mass is 32.2. The van der Waals surface area contributed by atoms with Gasteiger partial charge in [-0.15, -0.1) is 0 Å². The summed E-state index contributed by atoms with van der Waals surface area (Å²) in [6, 6.07) is 10.6. The highest BCUT2D eigenvalue weighted by Crippen LogP contribution is 2.22. The predicted molar refractivity (Wildman–Crippen MR) is 69.5 cm³/mol. The van der Waals surface area contributed by atoms with E-state index in [4.69, 9.17) is 5.26 Å². The fourth-order valence-electron chi connectivity index (χ4n) is 1.62. The maximum Gasteiger partial charge on any atom is 0.246 e. The van der Waals surface area contributed by atoms with Crippen LogP contribution in [0.4, 0.5) is 5.69 Å². The summed E-state index contributed by atoms with van der Waals surface area (Å²) >= 11 is 0. The van der Waals surface area contributed by atoms with Crippen LogP contribution >= 0.6 is 0 Å². The summed E-state index contributed by atoms with van der Waals surface area (Å²) in [6.45, 7) is 1.83. The van der Waals surface area contributed by atoms with E-state index in [1.165, 1.54) is 0 Å². The summed E-state index contributed by atoms with van der Waals surface area (Å²) in [5.74, 6) is -0.574. The van der Waals surface area contributed by atoms with Crippen molar-refractivity contribution in [3.05, 3.63) is 36.0 Å². The lowest BCUT2D eigenvalue weighted by Crippen LogP contribution is -2.15. The first-order valence-electron chi connectivity index (χ1n) is 5.26. The minimum absolute atomic E-state index is 0.395. The van der Waals surface area contributed by atoms with Crippen molar-refractivity contribution in [2.45, 2.75) is 6.92 Å². The van der Waals surface area contributed by atoms with Gasteiger partial charge in [0.25, 0.3) is 0 Å². The van der Waals surface area contributed by atoms with E-state index in [1.807, 2.05) is 25.1 Å². The Labute approximate surface area is 105 Å². The molecule has 1 aromatic heterocycles. The topological polar surface area (TPSA) is 82.9 Å². The van der Waals surface area contributed by atoms with Crippen LogP contribution in [0.5, 0.6) is 0 Å². The van der Waals surface area contributed by atoms with E-state index in [-0.39, 0.29) is 0 Å². The predicted octanol–water partition coefficient (Wildman–Crippen LogP) is 1.81. The van der Waals surface area contributed by atoms with E-state index in [9.17, 15) is 8.42 Å². The van der Waals surface area contributed by atoms with Gasteiger partial charge in [-0.1, -0.05) is 18.2 Å². The molecule has 0 bridgehead atoms. The number of anilines is 1. The Hall–Kier alpha value is -2.13. The molecular formula is C12H11N3O2S. The van der Waals surface area contributed by atoms with Gasteiger partial charge in [0.05, 0.1) is 17.3 Å². The molecule has 5 nitrogen and oxygen atoms in total. The molecule has 92 valence electrons. The van der Waals surface area contributed by atoms with Gasteiger partial charge in [0.1, 0.15) is 0 Å².